The van der Waals surface area contributed by atoms with E-state index >= 15 is 0 Å². The Balaban J connectivity index is 1.52. The highest BCUT2D eigenvalue weighted by Gasteiger charge is 2.54. The van der Waals surface area contributed by atoms with Crippen LogP contribution in [0.15, 0.2) is 54.6 Å². The molecule has 0 aromatic heterocycles. The number of nitrogens with zero attached hydrogens (tertiary/aromatic N) is 2. The second-order valence-electron chi connectivity index (χ2n) is 7.88. The Morgan fingerprint density at radius 1 is 1.07 bits per heavy atom. The first-order valence-electron chi connectivity index (χ1n) is 9.63. The van der Waals surface area contributed by atoms with E-state index in [1.165, 1.54) is 17.7 Å². The van der Waals surface area contributed by atoms with Crippen LogP contribution >= 0.6 is 0 Å². The van der Waals surface area contributed by atoms with Gasteiger partial charge in [-0.1, -0.05) is 42.5 Å². The molecule has 1 unspecified atom stereocenters. The number of piperidine rings is 1. The van der Waals surface area contributed by atoms with Gasteiger partial charge in [0.25, 0.3) is 0 Å². The summed E-state index contributed by atoms with van der Waals surface area (Å²) in [6, 6.07) is 18.0. The molecule has 0 spiro atoms. The van der Waals surface area contributed by atoms with Crippen molar-refractivity contribution in [1.82, 2.24) is 15.1 Å². The average Bonchev–Trinajstić information content (AvgIpc) is 2.67. The second-order valence-corrected chi connectivity index (χ2v) is 7.88. The van der Waals surface area contributed by atoms with E-state index in [4.69, 9.17) is 0 Å². The number of hydrogen-bond acceptors (Lipinski definition) is 2. The van der Waals surface area contributed by atoms with Crippen LogP contribution in [0.25, 0.3) is 0 Å². The third-order valence-corrected chi connectivity index (χ3v) is 5.66. The van der Waals surface area contributed by atoms with Crippen molar-refractivity contribution in [3.05, 3.63) is 71.5 Å². The van der Waals surface area contributed by atoms with E-state index in [1.54, 1.807) is 0 Å². The molecule has 2 bridgehead atoms. The Kier molecular flexibility index (Phi) is 4.87. The topological polar surface area (TPSA) is 35.6 Å². The molecule has 0 radical (unpaired) electrons. The molecule has 3 heterocycles. The molecule has 5 heteroatoms. The molecule has 0 aliphatic carbocycles. The molecule has 3 fully saturated rings. The van der Waals surface area contributed by atoms with E-state index < -0.39 is 0 Å². The van der Waals surface area contributed by atoms with Crippen molar-refractivity contribution in [2.45, 2.75) is 44.4 Å². The van der Waals surface area contributed by atoms with Gasteiger partial charge < -0.3 is 10.2 Å². The summed E-state index contributed by atoms with van der Waals surface area (Å²) < 4.78 is 13.2. The SMILES string of the molecule is CC(C)NC(=O)N1C[C@@H]2C(c3ccccc3)[C@H](C1)N2Cc1ccc(F)cc1. The number of halogens is 1. The van der Waals surface area contributed by atoms with Crippen LogP contribution in [0, 0.1) is 5.82 Å². The summed E-state index contributed by atoms with van der Waals surface area (Å²) >= 11 is 0. The normalized spacial score (nSPS) is 24.6. The quantitative estimate of drug-likeness (QED) is 0.896. The van der Waals surface area contributed by atoms with E-state index in [0.717, 1.165) is 25.2 Å². The third-order valence-electron chi connectivity index (χ3n) is 5.66. The van der Waals surface area contributed by atoms with Gasteiger partial charge in [0.05, 0.1) is 0 Å². The Morgan fingerprint density at radius 2 is 1.70 bits per heavy atom. The highest BCUT2D eigenvalue weighted by molar-refractivity contribution is 5.75. The van der Waals surface area contributed by atoms with Crippen molar-refractivity contribution < 1.29 is 9.18 Å². The van der Waals surface area contributed by atoms with Crippen LogP contribution in [0.5, 0.6) is 0 Å². The van der Waals surface area contributed by atoms with E-state index in [1.807, 2.05) is 36.9 Å². The number of benzene rings is 2. The Hall–Kier alpha value is -2.40. The number of carbonyl (C=O) groups excluding carboxylic acids is 1. The minimum atomic E-state index is -0.207. The van der Waals surface area contributed by atoms with E-state index in [9.17, 15) is 9.18 Å². The summed E-state index contributed by atoms with van der Waals surface area (Å²) in [6.45, 7) is 6.19. The molecule has 3 aliphatic heterocycles. The average molecular weight is 367 g/mol. The molecular formula is C22H26FN3O. The van der Waals surface area contributed by atoms with Gasteiger partial charge in [0, 0.05) is 43.7 Å². The van der Waals surface area contributed by atoms with Gasteiger partial charge in [0.1, 0.15) is 5.82 Å². The zero-order valence-corrected chi connectivity index (χ0v) is 15.8. The van der Waals surface area contributed by atoms with Crippen molar-refractivity contribution in [2.75, 3.05) is 13.1 Å². The maximum Gasteiger partial charge on any atom is 0.317 e. The largest absolute Gasteiger partial charge is 0.336 e. The van der Waals surface area contributed by atoms with Gasteiger partial charge in [-0.15, -0.1) is 0 Å². The van der Waals surface area contributed by atoms with Gasteiger partial charge >= 0.3 is 6.03 Å². The first-order chi connectivity index (χ1) is 13.0. The van der Waals surface area contributed by atoms with Gasteiger partial charge in [0.15, 0.2) is 0 Å². The molecule has 0 saturated carbocycles. The second kappa shape index (κ2) is 7.31. The molecule has 5 rings (SSSR count). The number of fused-ring (bicyclic) bond motifs is 2. The number of carbonyl (C=O) groups is 1. The lowest BCUT2D eigenvalue weighted by molar-refractivity contribution is -0.0846. The molecular weight excluding hydrogens is 341 g/mol. The molecule has 3 atom stereocenters. The minimum Gasteiger partial charge on any atom is -0.336 e. The molecule has 1 N–H and O–H groups in total. The molecule has 3 aliphatic rings. The molecule has 3 saturated heterocycles. The predicted octanol–water partition coefficient (Wildman–Crippen LogP) is 3.60. The fourth-order valence-corrected chi connectivity index (χ4v) is 4.44. The lowest BCUT2D eigenvalue weighted by Crippen LogP contribution is -2.74. The van der Waals surface area contributed by atoms with Crippen LogP contribution in [-0.2, 0) is 6.54 Å². The fraction of sp³-hybridized carbons (Fsp3) is 0.409. The smallest absolute Gasteiger partial charge is 0.317 e. The number of piperazine rings is 1. The highest BCUT2D eigenvalue weighted by Crippen LogP contribution is 2.45. The number of nitrogens with one attached hydrogen (secondary N) is 1. The zero-order valence-electron chi connectivity index (χ0n) is 15.8. The summed E-state index contributed by atoms with van der Waals surface area (Å²) in [5.74, 6) is 0.232. The summed E-state index contributed by atoms with van der Waals surface area (Å²) in [5.41, 5.74) is 2.45. The standard InChI is InChI=1S/C22H26FN3O/c1-15(2)24-22(27)25-13-19-21(17-6-4-3-5-7-17)20(14-25)26(19)12-16-8-10-18(23)11-9-16/h3-11,15,19-21H,12-14H2,1-2H3,(H,24,27)/t19-,20+,21?. The highest BCUT2D eigenvalue weighted by atomic mass is 19.1. The Bertz CT molecular complexity index is 779. The van der Waals surface area contributed by atoms with Crippen LogP contribution in [0.3, 0.4) is 0 Å². The number of rotatable bonds is 4. The summed E-state index contributed by atoms with van der Waals surface area (Å²) in [6.07, 6.45) is 0. The van der Waals surface area contributed by atoms with Gasteiger partial charge in [-0.25, -0.2) is 9.18 Å². The molecule has 2 aromatic carbocycles. The summed E-state index contributed by atoms with van der Waals surface area (Å²) in [7, 11) is 0. The van der Waals surface area contributed by atoms with Crippen molar-refractivity contribution in [3.63, 3.8) is 0 Å². The van der Waals surface area contributed by atoms with Crippen molar-refractivity contribution in [3.8, 4) is 0 Å². The Morgan fingerprint density at radius 3 is 2.30 bits per heavy atom. The lowest BCUT2D eigenvalue weighted by Gasteiger charge is -2.62. The molecule has 4 nitrogen and oxygen atoms in total. The van der Waals surface area contributed by atoms with Gasteiger partial charge in [-0.05, 0) is 37.1 Å². The van der Waals surface area contributed by atoms with Crippen molar-refractivity contribution in [1.29, 1.82) is 0 Å². The predicted molar refractivity (Wildman–Crippen MR) is 104 cm³/mol. The number of urea groups is 1. The van der Waals surface area contributed by atoms with Crippen LogP contribution in [0.2, 0.25) is 0 Å². The lowest BCUT2D eigenvalue weighted by atomic mass is 9.71. The first-order valence-corrected chi connectivity index (χ1v) is 9.63. The number of hydrogen-bond donors (Lipinski definition) is 1. The molecule has 2 aromatic rings. The first kappa shape index (κ1) is 18.0. The Labute approximate surface area is 160 Å². The number of amides is 2. The van der Waals surface area contributed by atoms with Crippen LogP contribution in [0.4, 0.5) is 9.18 Å². The molecule has 27 heavy (non-hydrogen) atoms. The van der Waals surface area contributed by atoms with Gasteiger partial charge in [-0.3, -0.25) is 4.90 Å². The van der Waals surface area contributed by atoms with Crippen LogP contribution in [-0.4, -0.2) is 47.0 Å². The van der Waals surface area contributed by atoms with E-state index in [2.05, 4.69) is 34.5 Å². The van der Waals surface area contributed by atoms with Gasteiger partial charge in [0.2, 0.25) is 0 Å². The summed E-state index contributed by atoms with van der Waals surface area (Å²) in [4.78, 5) is 16.9. The van der Waals surface area contributed by atoms with E-state index in [0.29, 0.717) is 5.92 Å². The van der Waals surface area contributed by atoms with Crippen molar-refractivity contribution >= 4 is 6.03 Å². The monoisotopic (exact) mass is 367 g/mol. The molecule has 2 amide bonds. The summed E-state index contributed by atoms with van der Waals surface area (Å²) in [5, 5.41) is 3.01. The van der Waals surface area contributed by atoms with Crippen molar-refractivity contribution in [2.24, 2.45) is 0 Å². The fourth-order valence-electron chi connectivity index (χ4n) is 4.44. The minimum absolute atomic E-state index is 0.0212. The maximum atomic E-state index is 13.2. The van der Waals surface area contributed by atoms with E-state index in [-0.39, 0.29) is 30.0 Å². The van der Waals surface area contributed by atoms with Gasteiger partial charge in [-0.2, -0.15) is 0 Å². The van der Waals surface area contributed by atoms with Crippen LogP contribution < -0.4 is 5.32 Å². The zero-order chi connectivity index (χ0) is 19.0. The third kappa shape index (κ3) is 3.56. The maximum absolute atomic E-state index is 13.2. The molecule has 142 valence electrons. The van der Waals surface area contributed by atoms with Crippen LogP contribution in [0.1, 0.15) is 30.9 Å².